The van der Waals surface area contributed by atoms with Gasteiger partial charge in [-0.2, -0.15) is 0 Å². The van der Waals surface area contributed by atoms with Crippen LogP contribution in [0.2, 0.25) is 0 Å². The minimum Gasteiger partial charge on any atom is -0.278 e. The van der Waals surface area contributed by atoms with E-state index in [0.29, 0.717) is 5.95 Å². The Morgan fingerprint density at radius 1 is 0.600 bits per heavy atom. The number of nitrogens with zero attached hydrogens (tertiary/aromatic N) is 3. The van der Waals surface area contributed by atoms with Crippen LogP contribution < -0.4 is 0 Å². The summed E-state index contributed by atoms with van der Waals surface area (Å²) in [4.78, 5) is 11.9. The van der Waals surface area contributed by atoms with Crippen molar-refractivity contribution < 1.29 is 0 Å². The number of thiophene rings is 1. The second-order valence-corrected chi connectivity index (χ2v) is 13.6. The third-order valence-electron chi connectivity index (χ3n) is 9.84. The number of fused-ring (bicyclic) bond motifs is 11. The number of rotatable bonds is 2. The fourth-order valence-corrected chi connectivity index (χ4v) is 8.92. The molecule has 0 aliphatic heterocycles. The summed E-state index contributed by atoms with van der Waals surface area (Å²) in [7, 11) is 0. The Hall–Kier alpha value is -5.32. The first-order chi connectivity index (χ1) is 22.1. The molecular weight excluding hydrogens is 567 g/mol. The van der Waals surface area contributed by atoms with Gasteiger partial charge in [-0.15, -0.1) is 11.3 Å². The normalized spacial score (nSPS) is 13.7. The summed E-state index contributed by atoms with van der Waals surface area (Å²) < 4.78 is 3.53. The van der Waals surface area contributed by atoms with Crippen LogP contribution >= 0.6 is 11.3 Å². The topological polar surface area (TPSA) is 30.7 Å². The average molecular weight is 594 g/mol. The number of aromatic nitrogens is 3. The van der Waals surface area contributed by atoms with E-state index >= 15 is 0 Å². The third-order valence-corrected chi connectivity index (χ3v) is 11.0. The minimum atomic E-state index is -0.0583. The second-order valence-electron chi connectivity index (χ2n) is 12.6. The Bertz CT molecular complexity index is 2640. The van der Waals surface area contributed by atoms with E-state index in [1.807, 2.05) is 0 Å². The lowest BCUT2D eigenvalue weighted by Crippen LogP contribution is -2.14. The zero-order valence-corrected chi connectivity index (χ0v) is 25.7. The van der Waals surface area contributed by atoms with Crippen molar-refractivity contribution in [1.29, 1.82) is 0 Å². The summed E-state index contributed by atoms with van der Waals surface area (Å²) in [5.74, 6) is 0.701. The monoisotopic (exact) mass is 593 g/mol. The molecule has 45 heavy (non-hydrogen) atoms. The average Bonchev–Trinajstić information content (AvgIpc) is 3.70. The summed E-state index contributed by atoms with van der Waals surface area (Å²) in [6.07, 6.45) is 0. The van der Waals surface area contributed by atoms with Crippen LogP contribution in [0.3, 0.4) is 0 Å². The Balaban J connectivity index is 1.35. The highest BCUT2D eigenvalue weighted by molar-refractivity contribution is 7.26. The zero-order chi connectivity index (χ0) is 29.9. The quantitative estimate of drug-likeness (QED) is 0.200. The van der Waals surface area contributed by atoms with Gasteiger partial charge < -0.3 is 0 Å². The molecule has 3 nitrogen and oxygen atoms in total. The van der Waals surface area contributed by atoms with Crippen molar-refractivity contribution in [2.24, 2.45) is 0 Å². The molecular formula is C41H27N3S. The first-order valence-electron chi connectivity index (χ1n) is 15.4. The third kappa shape index (κ3) is 3.35. The molecule has 9 aromatic rings. The Kier molecular flexibility index (Phi) is 4.94. The maximum atomic E-state index is 5.47. The van der Waals surface area contributed by atoms with Crippen LogP contribution in [0.25, 0.3) is 81.2 Å². The molecule has 6 aromatic carbocycles. The van der Waals surface area contributed by atoms with Gasteiger partial charge in [0, 0.05) is 42.8 Å². The molecule has 0 atom stereocenters. The van der Waals surface area contributed by atoms with Gasteiger partial charge in [0.2, 0.25) is 5.95 Å². The van der Waals surface area contributed by atoms with Crippen molar-refractivity contribution in [3.8, 4) is 28.3 Å². The molecule has 0 N–H and O–H groups in total. The van der Waals surface area contributed by atoms with Crippen molar-refractivity contribution in [2.75, 3.05) is 0 Å². The fraction of sp³-hybridized carbons (Fsp3) is 0.0732. The van der Waals surface area contributed by atoms with Crippen molar-refractivity contribution in [1.82, 2.24) is 14.5 Å². The smallest absolute Gasteiger partial charge is 0.236 e. The minimum absolute atomic E-state index is 0.0583. The number of benzene rings is 6. The van der Waals surface area contributed by atoms with Gasteiger partial charge in [-0.05, 0) is 45.7 Å². The molecule has 0 spiro atoms. The van der Waals surface area contributed by atoms with Gasteiger partial charge in [-0.25, -0.2) is 9.97 Å². The molecule has 0 amide bonds. The Labute approximate surface area is 264 Å². The van der Waals surface area contributed by atoms with Gasteiger partial charge in [0.15, 0.2) is 0 Å². The van der Waals surface area contributed by atoms with Crippen LogP contribution in [0.1, 0.15) is 25.0 Å². The maximum Gasteiger partial charge on any atom is 0.236 e. The lowest BCUT2D eigenvalue weighted by atomic mass is 9.82. The van der Waals surface area contributed by atoms with Gasteiger partial charge in [-0.1, -0.05) is 123 Å². The van der Waals surface area contributed by atoms with Gasteiger partial charge in [-0.3, -0.25) is 4.57 Å². The van der Waals surface area contributed by atoms with Gasteiger partial charge in [0.05, 0.1) is 16.7 Å². The second kappa shape index (κ2) is 8.87. The van der Waals surface area contributed by atoms with Crippen LogP contribution in [0.15, 0.2) is 127 Å². The molecule has 1 aliphatic carbocycles. The molecule has 0 bridgehead atoms. The highest BCUT2D eigenvalue weighted by Crippen LogP contribution is 2.54. The van der Waals surface area contributed by atoms with E-state index < -0.39 is 0 Å². The summed E-state index contributed by atoms with van der Waals surface area (Å²) in [5, 5.41) is 7.18. The number of para-hydroxylation sites is 2. The SMILES string of the molecule is CC1(C)c2ccccc2-c2c1ccc1c2sc2nc(-n3c4ccccc4c4ccccc43)nc(-c3ccc4ccccc4c3)c21. The van der Waals surface area contributed by atoms with E-state index in [0.717, 1.165) is 32.5 Å². The molecule has 0 saturated heterocycles. The van der Waals surface area contributed by atoms with Gasteiger partial charge >= 0.3 is 0 Å². The molecule has 3 aromatic heterocycles. The van der Waals surface area contributed by atoms with Crippen LogP contribution in [0.5, 0.6) is 0 Å². The summed E-state index contributed by atoms with van der Waals surface area (Å²) >= 11 is 1.80. The summed E-state index contributed by atoms with van der Waals surface area (Å²) in [5.41, 5.74) is 9.68. The summed E-state index contributed by atoms with van der Waals surface area (Å²) in [6.45, 7) is 4.69. The molecule has 3 heterocycles. The zero-order valence-electron chi connectivity index (χ0n) is 24.9. The molecule has 4 heteroatoms. The van der Waals surface area contributed by atoms with Crippen LogP contribution in [-0.2, 0) is 5.41 Å². The molecule has 0 radical (unpaired) electrons. The highest BCUT2D eigenvalue weighted by Gasteiger charge is 2.37. The molecule has 0 unspecified atom stereocenters. The maximum absolute atomic E-state index is 5.47. The van der Waals surface area contributed by atoms with E-state index in [1.54, 1.807) is 11.3 Å². The Morgan fingerprint density at radius 2 is 1.29 bits per heavy atom. The predicted octanol–water partition coefficient (Wildman–Crippen LogP) is 11.1. The van der Waals surface area contributed by atoms with E-state index in [4.69, 9.17) is 9.97 Å². The van der Waals surface area contributed by atoms with Crippen molar-refractivity contribution in [3.05, 3.63) is 139 Å². The molecule has 10 rings (SSSR count). The largest absolute Gasteiger partial charge is 0.278 e. The number of hydrogen-bond acceptors (Lipinski definition) is 3. The fourth-order valence-electron chi connectivity index (χ4n) is 7.69. The lowest BCUT2D eigenvalue weighted by Gasteiger charge is -2.21. The molecule has 0 fully saturated rings. The van der Waals surface area contributed by atoms with Crippen LogP contribution in [-0.4, -0.2) is 14.5 Å². The van der Waals surface area contributed by atoms with Gasteiger partial charge in [0.1, 0.15) is 4.83 Å². The van der Waals surface area contributed by atoms with E-state index in [9.17, 15) is 0 Å². The van der Waals surface area contributed by atoms with E-state index in [-0.39, 0.29) is 5.41 Å². The van der Waals surface area contributed by atoms with Crippen LogP contribution in [0.4, 0.5) is 0 Å². The van der Waals surface area contributed by atoms with Crippen LogP contribution in [0, 0.1) is 0 Å². The molecule has 1 aliphatic rings. The first kappa shape index (κ1) is 25.1. The lowest BCUT2D eigenvalue weighted by molar-refractivity contribution is 0.661. The number of hydrogen-bond donors (Lipinski definition) is 0. The van der Waals surface area contributed by atoms with Crippen molar-refractivity contribution in [3.63, 3.8) is 0 Å². The standard InChI is InChI=1S/C41H27N3S/c1-41(2)31-16-8-5-15-29(31)35-32(41)22-21-30-36-37(26-20-19-24-11-3-4-12-25(24)23-26)42-40(43-39(36)45-38(30)35)44-33-17-9-6-13-27(33)28-14-7-10-18-34(28)44/h3-23H,1-2H3. The first-order valence-corrected chi connectivity index (χ1v) is 16.2. The molecule has 0 saturated carbocycles. The van der Waals surface area contributed by atoms with E-state index in [2.05, 4.69) is 146 Å². The highest BCUT2D eigenvalue weighted by atomic mass is 32.1. The summed E-state index contributed by atoms with van der Waals surface area (Å²) in [6, 6.07) is 46.0. The van der Waals surface area contributed by atoms with Crippen molar-refractivity contribution in [2.45, 2.75) is 19.3 Å². The van der Waals surface area contributed by atoms with Gasteiger partial charge in [0.25, 0.3) is 0 Å². The Morgan fingerprint density at radius 3 is 2.09 bits per heavy atom. The van der Waals surface area contributed by atoms with Crippen molar-refractivity contribution >= 4 is 64.2 Å². The molecule has 212 valence electrons. The van der Waals surface area contributed by atoms with E-state index in [1.165, 1.54) is 53.9 Å². The predicted molar refractivity (Wildman–Crippen MR) is 190 cm³/mol.